The van der Waals surface area contributed by atoms with E-state index in [9.17, 15) is 8.42 Å². The van der Waals surface area contributed by atoms with Gasteiger partial charge in [0.25, 0.3) is 0 Å². The highest BCUT2D eigenvalue weighted by Gasteiger charge is 2.14. The van der Waals surface area contributed by atoms with Gasteiger partial charge in [-0.15, -0.1) is 0 Å². The van der Waals surface area contributed by atoms with Gasteiger partial charge in [0, 0.05) is 6.54 Å². The lowest BCUT2D eigenvalue weighted by molar-refractivity contribution is 0.198. The third kappa shape index (κ3) is 4.34. The molecule has 0 aromatic heterocycles. The Bertz CT molecular complexity index is 196. The van der Waals surface area contributed by atoms with E-state index in [0.29, 0.717) is 0 Å². The third-order valence-electron chi connectivity index (χ3n) is 1.20. The predicted molar refractivity (Wildman–Crippen MR) is 43.7 cm³/mol. The van der Waals surface area contributed by atoms with Crippen molar-refractivity contribution in [3.05, 3.63) is 0 Å². The first-order chi connectivity index (χ1) is 4.86. The van der Waals surface area contributed by atoms with Crippen molar-refractivity contribution in [2.75, 3.05) is 6.54 Å². The zero-order valence-electron chi connectivity index (χ0n) is 7.03. The molecule has 0 spiro atoms. The molecule has 0 aliphatic carbocycles. The number of rotatable bonds is 4. The van der Waals surface area contributed by atoms with Crippen molar-refractivity contribution in [3.63, 3.8) is 0 Å². The molecule has 0 fully saturated rings. The molecule has 2 N–H and O–H groups in total. The van der Waals surface area contributed by atoms with Gasteiger partial charge in [-0.25, -0.2) is 13.1 Å². The lowest BCUT2D eigenvalue weighted by Gasteiger charge is -2.10. The van der Waals surface area contributed by atoms with Gasteiger partial charge in [0.2, 0.25) is 10.0 Å². The second-order valence-corrected chi connectivity index (χ2v) is 5.11. The minimum absolute atomic E-state index is 0.0838. The lowest BCUT2D eigenvalue weighted by Crippen LogP contribution is -2.35. The van der Waals surface area contributed by atoms with E-state index >= 15 is 0 Å². The molecule has 1 unspecified atom stereocenters. The molecule has 0 aliphatic heterocycles. The van der Waals surface area contributed by atoms with E-state index in [2.05, 4.69) is 4.72 Å². The van der Waals surface area contributed by atoms with Crippen LogP contribution in [0.25, 0.3) is 0 Å². The van der Waals surface area contributed by atoms with Crippen molar-refractivity contribution in [1.29, 1.82) is 0 Å². The van der Waals surface area contributed by atoms with Crippen molar-refractivity contribution < 1.29 is 13.5 Å². The Morgan fingerprint density at radius 3 is 2.09 bits per heavy atom. The first-order valence-corrected chi connectivity index (χ1v) is 5.07. The van der Waals surface area contributed by atoms with Crippen molar-refractivity contribution in [3.8, 4) is 0 Å². The van der Waals surface area contributed by atoms with Gasteiger partial charge in [0.05, 0.1) is 11.4 Å². The maximum absolute atomic E-state index is 11.0. The zero-order valence-corrected chi connectivity index (χ0v) is 7.85. The van der Waals surface area contributed by atoms with Crippen LogP contribution in [0.3, 0.4) is 0 Å². The molecule has 11 heavy (non-hydrogen) atoms. The van der Waals surface area contributed by atoms with Crippen LogP contribution in [-0.2, 0) is 10.0 Å². The Morgan fingerprint density at radius 2 is 1.82 bits per heavy atom. The molecule has 0 saturated heterocycles. The molecular formula is C6H15NO3S. The third-order valence-corrected chi connectivity index (χ3v) is 3.01. The number of hydrogen-bond acceptors (Lipinski definition) is 3. The molecule has 4 nitrogen and oxygen atoms in total. The summed E-state index contributed by atoms with van der Waals surface area (Å²) in [4.78, 5) is 0. The van der Waals surface area contributed by atoms with Crippen LogP contribution in [-0.4, -0.2) is 31.4 Å². The van der Waals surface area contributed by atoms with Crippen molar-refractivity contribution >= 4 is 10.0 Å². The number of sulfonamides is 1. The molecule has 0 radical (unpaired) electrons. The van der Waals surface area contributed by atoms with Gasteiger partial charge in [-0.1, -0.05) is 0 Å². The van der Waals surface area contributed by atoms with Gasteiger partial charge in [0.15, 0.2) is 0 Å². The maximum atomic E-state index is 11.0. The molecule has 0 amide bonds. The van der Waals surface area contributed by atoms with Crippen molar-refractivity contribution in [1.82, 2.24) is 4.72 Å². The number of aliphatic hydroxyl groups excluding tert-OH is 1. The highest BCUT2D eigenvalue weighted by molar-refractivity contribution is 7.90. The molecule has 0 saturated carbocycles. The highest BCUT2D eigenvalue weighted by atomic mass is 32.2. The standard InChI is InChI=1S/C6H15NO3S/c1-5(2)11(9,10)7-4-6(3)8/h5-8H,4H2,1-3H3. The smallest absolute Gasteiger partial charge is 0.214 e. The predicted octanol–water partition coefficient (Wildman–Crippen LogP) is -0.305. The minimum Gasteiger partial charge on any atom is -0.392 e. The lowest BCUT2D eigenvalue weighted by atomic mass is 10.4. The summed E-state index contributed by atoms with van der Waals surface area (Å²) in [7, 11) is -3.20. The quantitative estimate of drug-likeness (QED) is 0.625. The Labute approximate surface area is 67.7 Å². The molecule has 0 rings (SSSR count). The molecule has 0 aromatic rings. The van der Waals surface area contributed by atoms with E-state index in [1.54, 1.807) is 13.8 Å². The molecule has 0 aliphatic rings. The van der Waals surface area contributed by atoms with Gasteiger partial charge in [-0.05, 0) is 20.8 Å². The molecule has 68 valence electrons. The molecular weight excluding hydrogens is 166 g/mol. The summed E-state index contributed by atoms with van der Waals surface area (Å²) in [6.07, 6.45) is -0.636. The van der Waals surface area contributed by atoms with Crippen LogP contribution in [0.2, 0.25) is 0 Å². The first kappa shape index (κ1) is 10.9. The summed E-state index contributed by atoms with van der Waals surface area (Å²) in [6.45, 7) is 4.79. The van der Waals surface area contributed by atoms with E-state index in [4.69, 9.17) is 5.11 Å². The fraction of sp³-hybridized carbons (Fsp3) is 1.00. The van der Waals surface area contributed by atoms with Crippen molar-refractivity contribution in [2.24, 2.45) is 0 Å². The average Bonchev–Trinajstić information content (AvgIpc) is 1.84. The molecule has 0 heterocycles. The molecule has 5 heteroatoms. The van der Waals surface area contributed by atoms with Crippen LogP contribution in [0, 0.1) is 0 Å². The monoisotopic (exact) mass is 181 g/mol. The Balaban J connectivity index is 3.95. The normalized spacial score (nSPS) is 15.4. The van der Waals surface area contributed by atoms with E-state index in [-0.39, 0.29) is 6.54 Å². The minimum atomic E-state index is -3.20. The maximum Gasteiger partial charge on any atom is 0.214 e. The number of nitrogens with one attached hydrogen (secondary N) is 1. The highest BCUT2D eigenvalue weighted by Crippen LogP contribution is 1.95. The summed E-state index contributed by atoms with van der Waals surface area (Å²) in [5.74, 6) is 0. The fourth-order valence-electron chi connectivity index (χ4n) is 0.403. The Kier molecular flexibility index (Phi) is 3.99. The topological polar surface area (TPSA) is 66.4 Å². The van der Waals surface area contributed by atoms with Gasteiger partial charge in [0.1, 0.15) is 0 Å². The van der Waals surface area contributed by atoms with Gasteiger partial charge in [-0.2, -0.15) is 0 Å². The fourth-order valence-corrected chi connectivity index (χ4v) is 1.21. The summed E-state index contributed by atoms with van der Waals surface area (Å²) in [5.41, 5.74) is 0. The number of hydrogen-bond donors (Lipinski definition) is 2. The first-order valence-electron chi connectivity index (χ1n) is 3.53. The largest absolute Gasteiger partial charge is 0.392 e. The van der Waals surface area contributed by atoms with Crippen LogP contribution < -0.4 is 4.72 Å². The van der Waals surface area contributed by atoms with Crippen LogP contribution >= 0.6 is 0 Å². The van der Waals surface area contributed by atoms with E-state index < -0.39 is 21.4 Å². The molecule has 0 aromatic carbocycles. The molecule has 0 bridgehead atoms. The zero-order chi connectivity index (χ0) is 9.07. The second-order valence-electron chi connectivity index (χ2n) is 2.79. The Morgan fingerprint density at radius 1 is 1.36 bits per heavy atom. The van der Waals surface area contributed by atoms with Gasteiger partial charge >= 0.3 is 0 Å². The molecule has 1 atom stereocenters. The van der Waals surface area contributed by atoms with Gasteiger partial charge in [-0.3, -0.25) is 0 Å². The SMILES string of the molecule is CC(O)CNS(=O)(=O)C(C)C. The summed E-state index contributed by atoms with van der Waals surface area (Å²) in [5, 5.41) is 8.33. The van der Waals surface area contributed by atoms with Crippen LogP contribution in [0.4, 0.5) is 0 Å². The van der Waals surface area contributed by atoms with Gasteiger partial charge < -0.3 is 5.11 Å². The van der Waals surface area contributed by atoms with Crippen LogP contribution in [0.5, 0.6) is 0 Å². The second kappa shape index (κ2) is 4.04. The van der Waals surface area contributed by atoms with E-state index in [0.717, 1.165) is 0 Å². The Hall–Kier alpha value is -0.130. The summed E-state index contributed by atoms with van der Waals surface area (Å²) < 4.78 is 24.3. The van der Waals surface area contributed by atoms with Crippen molar-refractivity contribution in [2.45, 2.75) is 32.1 Å². The summed E-state index contributed by atoms with van der Waals surface area (Å²) in [6, 6.07) is 0. The number of aliphatic hydroxyl groups is 1. The summed E-state index contributed by atoms with van der Waals surface area (Å²) >= 11 is 0. The van der Waals surface area contributed by atoms with Crippen LogP contribution in [0.1, 0.15) is 20.8 Å². The van der Waals surface area contributed by atoms with Crippen LogP contribution in [0.15, 0.2) is 0 Å². The van der Waals surface area contributed by atoms with E-state index in [1.165, 1.54) is 6.92 Å². The average molecular weight is 181 g/mol. The van der Waals surface area contributed by atoms with E-state index in [1.807, 2.05) is 0 Å².